The Balaban J connectivity index is 1.36. The van der Waals surface area contributed by atoms with E-state index >= 15 is 0 Å². The lowest BCUT2D eigenvalue weighted by Crippen LogP contribution is -2.44. The molecule has 2 aromatic carbocycles. The third-order valence-electron chi connectivity index (χ3n) is 3.99. The molecule has 136 valence electrons. The summed E-state index contributed by atoms with van der Waals surface area (Å²) in [5, 5.41) is 3.89. The van der Waals surface area contributed by atoms with Gasteiger partial charge in [0.2, 0.25) is 5.91 Å². The zero-order valence-corrected chi connectivity index (χ0v) is 14.9. The second kappa shape index (κ2) is 7.12. The quantitative estimate of drug-likeness (QED) is 0.463. The number of aromatic nitrogens is 2. The first-order chi connectivity index (χ1) is 13.1. The minimum Gasteiger partial charge on any atom is -0.333 e. The molecule has 3 aromatic rings. The fourth-order valence-electron chi connectivity index (χ4n) is 2.62. The van der Waals surface area contributed by atoms with E-state index in [4.69, 9.17) is 0 Å². The molecule has 4 amide bonds. The molecule has 0 unspecified atom stereocenters. The van der Waals surface area contributed by atoms with Crippen molar-refractivity contribution in [1.82, 2.24) is 25.7 Å². The topological polar surface area (TPSA) is 107 Å². The Morgan fingerprint density at radius 3 is 2.63 bits per heavy atom. The molecular formula is C18H15N5O3S. The van der Waals surface area contributed by atoms with Crippen LogP contribution in [0.25, 0.3) is 11.0 Å². The van der Waals surface area contributed by atoms with Gasteiger partial charge in [0.1, 0.15) is 6.54 Å². The number of carbonyl (C=O) groups is 3. The number of urea groups is 1. The van der Waals surface area contributed by atoms with Gasteiger partial charge in [-0.1, -0.05) is 36.0 Å². The lowest BCUT2D eigenvalue weighted by atomic mass is 10.1. The molecule has 8 nitrogen and oxygen atoms in total. The predicted molar refractivity (Wildman–Crippen MR) is 99.8 cm³/mol. The van der Waals surface area contributed by atoms with E-state index in [0.717, 1.165) is 26.8 Å². The van der Waals surface area contributed by atoms with E-state index in [1.807, 2.05) is 36.4 Å². The first kappa shape index (κ1) is 17.1. The van der Waals surface area contributed by atoms with Gasteiger partial charge in [0, 0.05) is 11.3 Å². The Kier molecular flexibility index (Phi) is 4.51. The largest absolute Gasteiger partial charge is 0.343 e. The molecule has 1 fully saturated rings. The molecule has 4 rings (SSSR count). The number of rotatable bonds is 5. The van der Waals surface area contributed by atoms with E-state index in [-0.39, 0.29) is 6.54 Å². The van der Waals surface area contributed by atoms with Crippen LogP contribution in [0.15, 0.2) is 53.7 Å². The molecule has 1 saturated heterocycles. The molecule has 1 aliphatic rings. The molecule has 3 N–H and O–H groups in total. The molecule has 0 atom stereocenters. The van der Waals surface area contributed by atoms with Gasteiger partial charge in [-0.15, -0.1) is 0 Å². The van der Waals surface area contributed by atoms with Crippen molar-refractivity contribution in [3.63, 3.8) is 0 Å². The van der Waals surface area contributed by atoms with Gasteiger partial charge in [-0.2, -0.15) is 0 Å². The van der Waals surface area contributed by atoms with Crippen LogP contribution in [0, 0.1) is 0 Å². The molecule has 0 bridgehead atoms. The molecule has 0 saturated carbocycles. The predicted octanol–water partition coefficient (Wildman–Crippen LogP) is 2.05. The SMILES string of the molecule is O=C1CN(NC(=O)c2ccc(CSc3nc4ccccc4[nH]3)cc2)C(=O)N1. The molecular weight excluding hydrogens is 366 g/mol. The highest BCUT2D eigenvalue weighted by molar-refractivity contribution is 7.98. The average Bonchev–Trinajstić information content (AvgIpc) is 3.22. The standard InChI is InChI=1S/C18H15N5O3S/c24-15-9-23(18(26)21-15)22-16(25)12-7-5-11(6-8-12)10-27-17-19-13-3-1-2-4-14(13)20-17/h1-8H,9-10H2,(H,19,20)(H,22,25)(H,21,24,26). The third-order valence-corrected chi connectivity index (χ3v) is 4.93. The summed E-state index contributed by atoms with van der Waals surface area (Å²) in [5.41, 5.74) is 5.77. The van der Waals surface area contributed by atoms with Gasteiger partial charge >= 0.3 is 6.03 Å². The van der Waals surface area contributed by atoms with Crippen molar-refractivity contribution in [2.24, 2.45) is 0 Å². The van der Waals surface area contributed by atoms with Crippen molar-refractivity contribution < 1.29 is 14.4 Å². The monoisotopic (exact) mass is 381 g/mol. The number of amides is 4. The number of thioether (sulfide) groups is 1. The number of aromatic amines is 1. The van der Waals surface area contributed by atoms with Crippen LogP contribution in [-0.2, 0) is 10.5 Å². The lowest BCUT2D eigenvalue weighted by molar-refractivity contribution is -0.118. The highest BCUT2D eigenvalue weighted by Gasteiger charge is 2.28. The van der Waals surface area contributed by atoms with Gasteiger partial charge in [-0.3, -0.25) is 20.3 Å². The van der Waals surface area contributed by atoms with Gasteiger partial charge in [-0.25, -0.2) is 14.8 Å². The van der Waals surface area contributed by atoms with Crippen molar-refractivity contribution >= 4 is 40.6 Å². The van der Waals surface area contributed by atoms with E-state index in [0.29, 0.717) is 11.3 Å². The maximum atomic E-state index is 12.2. The van der Waals surface area contributed by atoms with Gasteiger partial charge in [0.15, 0.2) is 5.16 Å². The van der Waals surface area contributed by atoms with Crippen molar-refractivity contribution in [3.8, 4) is 0 Å². The van der Waals surface area contributed by atoms with Crippen LogP contribution in [0.3, 0.4) is 0 Å². The first-order valence-electron chi connectivity index (χ1n) is 8.17. The summed E-state index contributed by atoms with van der Waals surface area (Å²) in [6, 6.07) is 14.3. The van der Waals surface area contributed by atoms with Crippen LogP contribution in [0.2, 0.25) is 0 Å². The number of hydrazine groups is 1. The van der Waals surface area contributed by atoms with Gasteiger partial charge in [-0.05, 0) is 29.8 Å². The van der Waals surface area contributed by atoms with E-state index in [9.17, 15) is 14.4 Å². The van der Waals surface area contributed by atoms with E-state index < -0.39 is 17.8 Å². The van der Waals surface area contributed by atoms with Crippen molar-refractivity contribution in [2.75, 3.05) is 6.54 Å². The Bertz CT molecular complexity index is 998. The minimum absolute atomic E-state index is 0.184. The van der Waals surface area contributed by atoms with E-state index in [1.54, 1.807) is 23.9 Å². The van der Waals surface area contributed by atoms with Crippen LogP contribution in [0.5, 0.6) is 0 Å². The number of hydrogen-bond donors (Lipinski definition) is 3. The summed E-state index contributed by atoms with van der Waals surface area (Å²) < 4.78 is 0. The van der Waals surface area contributed by atoms with Crippen LogP contribution in [-0.4, -0.2) is 39.4 Å². The maximum Gasteiger partial charge on any atom is 0.343 e. The van der Waals surface area contributed by atoms with Gasteiger partial charge in [0.25, 0.3) is 5.91 Å². The number of hydrogen-bond acceptors (Lipinski definition) is 5. The number of benzene rings is 2. The normalized spacial score (nSPS) is 13.9. The number of carbonyl (C=O) groups excluding carboxylic acids is 3. The fourth-order valence-corrected chi connectivity index (χ4v) is 3.46. The molecule has 1 aromatic heterocycles. The summed E-state index contributed by atoms with van der Waals surface area (Å²) in [6.07, 6.45) is 0. The number of imide groups is 1. The molecule has 9 heteroatoms. The zero-order valence-electron chi connectivity index (χ0n) is 14.1. The number of nitrogens with one attached hydrogen (secondary N) is 3. The van der Waals surface area contributed by atoms with Gasteiger partial charge < -0.3 is 4.98 Å². The van der Waals surface area contributed by atoms with Crippen LogP contribution >= 0.6 is 11.8 Å². The Morgan fingerprint density at radius 1 is 1.15 bits per heavy atom. The van der Waals surface area contributed by atoms with E-state index in [2.05, 4.69) is 20.7 Å². The lowest BCUT2D eigenvalue weighted by Gasteiger charge is -2.14. The second-order valence-electron chi connectivity index (χ2n) is 5.93. The molecule has 1 aliphatic heterocycles. The van der Waals surface area contributed by atoms with Gasteiger partial charge in [0.05, 0.1) is 11.0 Å². The fraction of sp³-hybridized carbons (Fsp3) is 0.111. The van der Waals surface area contributed by atoms with Crippen molar-refractivity contribution in [1.29, 1.82) is 0 Å². The highest BCUT2D eigenvalue weighted by Crippen LogP contribution is 2.23. The number of H-pyrrole nitrogens is 1. The van der Waals surface area contributed by atoms with Crippen molar-refractivity contribution in [3.05, 3.63) is 59.7 Å². The molecule has 0 aliphatic carbocycles. The zero-order chi connectivity index (χ0) is 18.8. The second-order valence-corrected chi connectivity index (χ2v) is 6.89. The summed E-state index contributed by atoms with van der Waals surface area (Å²) in [6.45, 7) is -0.184. The smallest absolute Gasteiger partial charge is 0.333 e. The third kappa shape index (κ3) is 3.77. The Hall–Kier alpha value is -3.33. The number of imidazole rings is 1. The van der Waals surface area contributed by atoms with E-state index in [1.165, 1.54) is 0 Å². The highest BCUT2D eigenvalue weighted by atomic mass is 32.2. The molecule has 0 spiro atoms. The molecule has 0 radical (unpaired) electrons. The minimum atomic E-state index is -0.632. The van der Waals surface area contributed by atoms with Crippen LogP contribution in [0.4, 0.5) is 4.79 Å². The number of para-hydroxylation sites is 2. The summed E-state index contributed by atoms with van der Waals surface area (Å²) in [5.74, 6) is -0.195. The number of fused-ring (bicyclic) bond motifs is 1. The summed E-state index contributed by atoms with van der Waals surface area (Å²) in [7, 11) is 0. The average molecular weight is 381 g/mol. The maximum absolute atomic E-state index is 12.2. The number of nitrogens with zero attached hydrogens (tertiary/aromatic N) is 2. The summed E-state index contributed by atoms with van der Waals surface area (Å²) in [4.78, 5) is 42.6. The first-order valence-corrected chi connectivity index (χ1v) is 9.16. The van der Waals surface area contributed by atoms with Crippen LogP contribution in [0.1, 0.15) is 15.9 Å². The Labute approximate surface area is 158 Å². The Morgan fingerprint density at radius 2 is 1.93 bits per heavy atom. The van der Waals surface area contributed by atoms with Crippen LogP contribution < -0.4 is 10.7 Å². The molecule has 2 heterocycles. The molecule has 27 heavy (non-hydrogen) atoms. The summed E-state index contributed by atoms with van der Waals surface area (Å²) >= 11 is 1.57. The van der Waals surface area contributed by atoms with Crippen molar-refractivity contribution in [2.45, 2.75) is 10.9 Å².